The van der Waals surface area contributed by atoms with Gasteiger partial charge in [-0.2, -0.15) is 0 Å². The number of halogens is 1. The van der Waals surface area contributed by atoms with Gasteiger partial charge in [0.15, 0.2) is 0 Å². The molecule has 1 fully saturated rings. The highest BCUT2D eigenvalue weighted by molar-refractivity contribution is 9.10. The number of likely N-dealkylation sites (tertiary alicyclic amines) is 1. The van der Waals surface area contributed by atoms with Crippen LogP contribution in [0, 0.1) is 12.8 Å². The van der Waals surface area contributed by atoms with E-state index >= 15 is 0 Å². The molecule has 1 saturated heterocycles. The molecule has 1 aliphatic heterocycles. The molecule has 7 heteroatoms. The van der Waals surface area contributed by atoms with E-state index in [4.69, 9.17) is 4.74 Å². The fraction of sp³-hybridized carbons (Fsp3) is 0.385. The predicted molar refractivity (Wildman–Crippen MR) is 130 cm³/mol. The second-order valence-electron chi connectivity index (χ2n) is 9.17. The van der Waals surface area contributed by atoms with Crippen molar-refractivity contribution in [1.29, 1.82) is 0 Å². The number of nitrogens with one attached hydrogen (secondary N) is 1. The predicted octanol–water partition coefficient (Wildman–Crippen LogP) is 2.16. The van der Waals surface area contributed by atoms with Crippen LogP contribution in [-0.4, -0.2) is 50.4 Å². The number of hydrogen-bond acceptors (Lipinski definition) is 4. The standard InChI is InChI=1S/C26H31BrN2O4/c1-16(2)15-33-21-10-9-19(13-17(21)3)24(30)22-23(18-7-6-8-20(27)14-18)29(12-11-28(4)5)26(32)25(22)31/h6-10,13-14,16,23,30H,11-12,15H2,1-5H3/b24-22+. The lowest BCUT2D eigenvalue weighted by atomic mass is 9.95. The summed E-state index contributed by atoms with van der Waals surface area (Å²) in [6, 6.07) is 11.9. The number of aryl methyl sites for hydroxylation is 1. The number of ether oxygens (including phenoxy) is 1. The summed E-state index contributed by atoms with van der Waals surface area (Å²) in [7, 11) is 3.97. The molecule has 176 valence electrons. The van der Waals surface area contributed by atoms with E-state index in [1.54, 1.807) is 18.2 Å². The Morgan fingerprint density at radius 3 is 2.52 bits per heavy atom. The molecule has 2 aromatic rings. The molecule has 0 spiro atoms. The van der Waals surface area contributed by atoms with Gasteiger partial charge in [0.25, 0.3) is 5.91 Å². The van der Waals surface area contributed by atoms with Crippen molar-refractivity contribution in [2.24, 2.45) is 5.92 Å². The first-order valence-corrected chi connectivity index (χ1v) is 11.9. The van der Waals surface area contributed by atoms with E-state index in [9.17, 15) is 14.7 Å². The monoisotopic (exact) mass is 514 g/mol. The molecular formula is C26H31BrN2O4. The first-order valence-electron chi connectivity index (χ1n) is 11.1. The van der Waals surface area contributed by atoms with Gasteiger partial charge in [-0.15, -0.1) is 0 Å². The molecule has 1 unspecified atom stereocenters. The third kappa shape index (κ3) is 5.65. The van der Waals surface area contributed by atoms with Crippen molar-refractivity contribution < 1.29 is 24.3 Å². The summed E-state index contributed by atoms with van der Waals surface area (Å²) in [5.41, 5.74) is 1.92. The average molecular weight is 515 g/mol. The lowest BCUT2D eigenvalue weighted by Gasteiger charge is -2.28. The summed E-state index contributed by atoms with van der Waals surface area (Å²) in [5, 5.41) is 13.6. The highest BCUT2D eigenvalue weighted by Gasteiger charge is 2.44. The zero-order valence-corrected chi connectivity index (χ0v) is 21.4. The van der Waals surface area contributed by atoms with E-state index in [1.807, 2.05) is 45.3 Å². The number of ketones is 1. The van der Waals surface area contributed by atoms with Crippen molar-refractivity contribution in [3.63, 3.8) is 0 Å². The van der Waals surface area contributed by atoms with Crippen molar-refractivity contribution in [2.45, 2.75) is 26.8 Å². The molecule has 33 heavy (non-hydrogen) atoms. The number of carbonyl (C=O) groups is 2. The van der Waals surface area contributed by atoms with Gasteiger partial charge in [0, 0.05) is 10.0 Å². The number of hydrogen-bond donors (Lipinski definition) is 1. The van der Waals surface area contributed by atoms with Gasteiger partial charge in [-0.3, -0.25) is 9.59 Å². The van der Waals surface area contributed by atoms with Crippen LogP contribution >= 0.6 is 15.9 Å². The third-order valence-electron chi connectivity index (χ3n) is 5.56. The first-order chi connectivity index (χ1) is 15.6. The minimum absolute atomic E-state index is 0.00195. The van der Waals surface area contributed by atoms with Crippen LogP contribution in [-0.2, 0) is 9.59 Å². The van der Waals surface area contributed by atoms with Gasteiger partial charge in [-0.25, -0.2) is 0 Å². The fourth-order valence-corrected chi connectivity index (χ4v) is 4.25. The van der Waals surface area contributed by atoms with Crippen LogP contribution in [0.5, 0.6) is 5.75 Å². The van der Waals surface area contributed by atoms with Crippen LogP contribution in [0.25, 0.3) is 5.76 Å². The number of quaternary nitrogens is 1. The van der Waals surface area contributed by atoms with Crippen molar-refractivity contribution in [1.82, 2.24) is 4.90 Å². The lowest BCUT2D eigenvalue weighted by Crippen LogP contribution is -3.06. The number of benzene rings is 2. The largest absolute Gasteiger partial charge is 0.872 e. The van der Waals surface area contributed by atoms with Gasteiger partial charge < -0.3 is 19.6 Å². The smallest absolute Gasteiger partial charge is 0.295 e. The molecule has 2 aromatic carbocycles. The summed E-state index contributed by atoms with van der Waals surface area (Å²) in [6.07, 6.45) is 0. The maximum absolute atomic E-state index is 13.6. The van der Waals surface area contributed by atoms with Crippen molar-refractivity contribution >= 4 is 33.4 Å². The highest BCUT2D eigenvalue weighted by atomic mass is 79.9. The fourth-order valence-electron chi connectivity index (χ4n) is 3.83. The molecule has 6 nitrogen and oxygen atoms in total. The summed E-state index contributed by atoms with van der Waals surface area (Å²) in [4.78, 5) is 28.7. The quantitative estimate of drug-likeness (QED) is 0.332. The van der Waals surface area contributed by atoms with E-state index < -0.39 is 23.5 Å². The second kappa shape index (κ2) is 10.5. The van der Waals surface area contributed by atoms with Gasteiger partial charge >= 0.3 is 0 Å². The van der Waals surface area contributed by atoms with E-state index in [0.29, 0.717) is 36.9 Å². The molecule has 1 aliphatic rings. The van der Waals surface area contributed by atoms with Crippen LogP contribution < -0.4 is 14.7 Å². The van der Waals surface area contributed by atoms with Crippen LogP contribution in [0.1, 0.15) is 36.6 Å². The van der Waals surface area contributed by atoms with Crippen molar-refractivity contribution in [2.75, 3.05) is 33.8 Å². The Morgan fingerprint density at radius 1 is 1.18 bits per heavy atom. The lowest BCUT2D eigenvalue weighted by molar-refractivity contribution is -0.857. The Morgan fingerprint density at radius 2 is 1.91 bits per heavy atom. The summed E-state index contributed by atoms with van der Waals surface area (Å²) in [6.45, 7) is 7.62. The Kier molecular flexibility index (Phi) is 7.97. The number of likely N-dealkylation sites (N-methyl/N-ethyl adjacent to an activating group) is 1. The summed E-state index contributed by atoms with van der Waals surface area (Å²) < 4.78 is 6.64. The topological polar surface area (TPSA) is 74.1 Å². The molecule has 0 saturated carbocycles. The Hall–Kier alpha value is -2.64. The molecular weight excluding hydrogens is 484 g/mol. The molecule has 1 amide bonds. The molecule has 0 aliphatic carbocycles. The number of Topliss-reactive ketones (excluding diaryl/α,β-unsaturated/α-hetero) is 1. The molecule has 0 bridgehead atoms. The van der Waals surface area contributed by atoms with Gasteiger partial charge in [0.05, 0.1) is 39.8 Å². The number of rotatable bonds is 8. The Bertz CT molecular complexity index is 1080. The number of nitrogens with zero attached hydrogens (tertiary/aromatic N) is 1. The Labute approximate surface area is 204 Å². The van der Waals surface area contributed by atoms with Crippen LogP contribution in [0.2, 0.25) is 0 Å². The molecule has 1 heterocycles. The molecule has 1 atom stereocenters. The summed E-state index contributed by atoms with van der Waals surface area (Å²) in [5.74, 6) is -0.686. The van der Waals surface area contributed by atoms with Crippen LogP contribution in [0.4, 0.5) is 0 Å². The molecule has 1 N–H and O–H groups in total. The zero-order chi connectivity index (χ0) is 24.3. The number of carbonyl (C=O) groups excluding carboxylic acids is 2. The highest BCUT2D eigenvalue weighted by Crippen LogP contribution is 2.39. The molecule has 3 rings (SSSR count). The van der Waals surface area contributed by atoms with E-state index in [-0.39, 0.29) is 5.57 Å². The van der Waals surface area contributed by atoms with Crippen molar-refractivity contribution in [3.8, 4) is 5.75 Å². The minimum Gasteiger partial charge on any atom is -0.872 e. The maximum Gasteiger partial charge on any atom is 0.295 e. The first kappa shape index (κ1) is 25.0. The second-order valence-corrected chi connectivity index (χ2v) is 10.1. The summed E-state index contributed by atoms with van der Waals surface area (Å²) >= 11 is 3.47. The van der Waals surface area contributed by atoms with E-state index in [1.165, 1.54) is 4.90 Å². The third-order valence-corrected chi connectivity index (χ3v) is 6.05. The molecule has 0 radical (unpaired) electrons. The zero-order valence-electron chi connectivity index (χ0n) is 19.8. The van der Waals surface area contributed by atoms with Gasteiger partial charge in [0.1, 0.15) is 5.75 Å². The SMILES string of the molecule is Cc1cc(/C([O-])=C2\C(=O)C(=O)N(CC[NH+](C)C)C2c2cccc(Br)c2)ccc1OCC(C)C. The van der Waals surface area contributed by atoms with E-state index in [2.05, 4.69) is 29.8 Å². The van der Waals surface area contributed by atoms with Crippen LogP contribution in [0.15, 0.2) is 52.5 Å². The average Bonchev–Trinajstić information content (AvgIpc) is 3.01. The maximum atomic E-state index is 13.6. The van der Waals surface area contributed by atoms with Gasteiger partial charge in [-0.05, 0) is 53.8 Å². The van der Waals surface area contributed by atoms with Gasteiger partial charge in [0.2, 0.25) is 5.78 Å². The van der Waals surface area contributed by atoms with Crippen molar-refractivity contribution in [3.05, 3.63) is 69.2 Å². The number of amides is 1. The molecule has 0 aromatic heterocycles. The minimum atomic E-state index is -0.725. The van der Waals surface area contributed by atoms with Crippen LogP contribution in [0.3, 0.4) is 0 Å². The van der Waals surface area contributed by atoms with Gasteiger partial charge in [-0.1, -0.05) is 53.7 Å². The van der Waals surface area contributed by atoms with E-state index in [0.717, 1.165) is 20.5 Å². The normalized spacial score (nSPS) is 17.9. The Balaban J connectivity index is 2.07.